The Labute approximate surface area is 130 Å². The average Bonchev–Trinajstić information content (AvgIpc) is 3.06. The van der Waals surface area contributed by atoms with Crippen LogP contribution in [0.25, 0.3) is 0 Å². The van der Waals surface area contributed by atoms with Crippen molar-refractivity contribution in [2.75, 3.05) is 25.4 Å². The second-order valence-corrected chi connectivity index (χ2v) is 7.19. The molecule has 1 aromatic rings. The second kappa shape index (κ2) is 7.68. The van der Waals surface area contributed by atoms with E-state index in [2.05, 4.69) is 34.6 Å². The van der Waals surface area contributed by atoms with E-state index in [1.807, 2.05) is 18.7 Å². The van der Waals surface area contributed by atoms with Crippen LogP contribution in [0.4, 0.5) is 0 Å². The summed E-state index contributed by atoms with van der Waals surface area (Å²) < 4.78 is 5.40. The van der Waals surface area contributed by atoms with Gasteiger partial charge >= 0.3 is 0 Å². The number of rotatable bonds is 6. The van der Waals surface area contributed by atoms with Crippen molar-refractivity contribution in [2.24, 2.45) is 4.99 Å². The van der Waals surface area contributed by atoms with Crippen molar-refractivity contribution in [3.8, 4) is 0 Å². The lowest BCUT2D eigenvalue weighted by Crippen LogP contribution is -2.39. The number of hydrogen-bond acceptors (Lipinski definition) is 5. The number of aliphatic imine (C=N–C) groups is 1. The highest BCUT2D eigenvalue weighted by atomic mass is 32.2. The van der Waals surface area contributed by atoms with Crippen molar-refractivity contribution in [3.05, 3.63) is 11.7 Å². The smallest absolute Gasteiger partial charge is 0.228 e. The standard InChI is InChI=1S/C14H25N5OS/c1-4-15-13(17-10-14(3)7-5-9-21-14)16-8-6-12-18-11(2)19-20-12/h4-10H2,1-3H3,(H2,15,16,17). The van der Waals surface area contributed by atoms with Gasteiger partial charge in [-0.15, -0.1) is 0 Å². The highest BCUT2D eigenvalue weighted by molar-refractivity contribution is 8.00. The van der Waals surface area contributed by atoms with Crippen LogP contribution in [-0.4, -0.2) is 46.2 Å². The molecule has 0 aromatic carbocycles. The minimum absolute atomic E-state index is 0.298. The van der Waals surface area contributed by atoms with Crippen LogP contribution in [0.1, 0.15) is 38.4 Å². The van der Waals surface area contributed by atoms with E-state index in [0.29, 0.717) is 22.9 Å². The summed E-state index contributed by atoms with van der Waals surface area (Å²) in [5, 5.41) is 10.4. The Balaban J connectivity index is 1.80. The number of nitrogens with one attached hydrogen (secondary N) is 2. The van der Waals surface area contributed by atoms with E-state index in [4.69, 9.17) is 9.52 Å². The molecule has 0 amide bonds. The quantitative estimate of drug-likeness (QED) is 0.616. The average molecular weight is 311 g/mol. The molecule has 0 aliphatic carbocycles. The lowest BCUT2D eigenvalue weighted by molar-refractivity contribution is 0.374. The summed E-state index contributed by atoms with van der Waals surface area (Å²) in [5.74, 6) is 3.46. The van der Waals surface area contributed by atoms with Crippen molar-refractivity contribution in [3.63, 3.8) is 0 Å². The first-order valence-electron chi connectivity index (χ1n) is 7.57. The zero-order valence-electron chi connectivity index (χ0n) is 13.1. The van der Waals surface area contributed by atoms with E-state index in [-0.39, 0.29) is 0 Å². The van der Waals surface area contributed by atoms with Gasteiger partial charge in [-0.3, -0.25) is 4.99 Å². The van der Waals surface area contributed by atoms with E-state index in [9.17, 15) is 0 Å². The van der Waals surface area contributed by atoms with Crippen molar-refractivity contribution in [2.45, 2.75) is 44.8 Å². The zero-order valence-corrected chi connectivity index (χ0v) is 13.9. The van der Waals surface area contributed by atoms with E-state index >= 15 is 0 Å². The number of aryl methyl sites for hydroxylation is 1. The largest absolute Gasteiger partial charge is 0.357 e. The molecule has 0 spiro atoms. The normalized spacial score (nSPS) is 22.5. The molecule has 2 rings (SSSR count). The monoisotopic (exact) mass is 311 g/mol. The molecule has 1 fully saturated rings. The molecule has 0 saturated carbocycles. The maximum atomic E-state index is 5.10. The summed E-state index contributed by atoms with van der Waals surface area (Å²) in [6.07, 6.45) is 3.26. The van der Waals surface area contributed by atoms with Gasteiger partial charge < -0.3 is 15.2 Å². The van der Waals surface area contributed by atoms with Crippen LogP contribution in [0.2, 0.25) is 0 Å². The number of guanidine groups is 1. The van der Waals surface area contributed by atoms with E-state index in [0.717, 1.165) is 25.6 Å². The highest BCUT2D eigenvalue weighted by Crippen LogP contribution is 2.37. The van der Waals surface area contributed by atoms with Gasteiger partial charge in [-0.2, -0.15) is 16.7 Å². The van der Waals surface area contributed by atoms with Crippen LogP contribution >= 0.6 is 11.8 Å². The minimum Gasteiger partial charge on any atom is -0.357 e. The van der Waals surface area contributed by atoms with Crippen molar-refractivity contribution < 1.29 is 4.52 Å². The minimum atomic E-state index is 0.298. The molecule has 1 aromatic heterocycles. The fourth-order valence-electron chi connectivity index (χ4n) is 2.28. The topological polar surface area (TPSA) is 75.3 Å². The number of hydrogen-bond donors (Lipinski definition) is 2. The van der Waals surface area contributed by atoms with Gasteiger partial charge in [0, 0.05) is 24.3 Å². The predicted octanol–water partition coefficient (Wildman–Crippen LogP) is 1.76. The third kappa shape index (κ3) is 5.22. The van der Waals surface area contributed by atoms with Crippen LogP contribution < -0.4 is 10.6 Å². The van der Waals surface area contributed by atoms with Crippen molar-refractivity contribution >= 4 is 17.7 Å². The molecule has 1 atom stereocenters. The lowest BCUT2D eigenvalue weighted by Gasteiger charge is -2.20. The molecule has 21 heavy (non-hydrogen) atoms. The highest BCUT2D eigenvalue weighted by Gasteiger charge is 2.29. The van der Waals surface area contributed by atoms with Gasteiger partial charge in [-0.25, -0.2) is 0 Å². The van der Waals surface area contributed by atoms with Gasteiger partial charge in [0.05, 0.1) is 6.54 Å². The Morgan fingerprint density at radius 2 is 2.33 bits per heavy atom. The van der Waals surface area contributed by atoms with Gasteiger partial charge in [0.25, 0.3) is 0 Å². The summed E-state index contributed by atoms with van der Waals surface area (Å²) >= 11 is 2.03. The van der Waals surface area contributed by atoms with Gasteiger partial charge in [0.2, 0.25) is 5.89 Å². The Morgan fingerprint density at radius 1 is 1.48 bits per heavy atom. The lowest BCUT2D eigenvalue weighted by atomic mass is 10.1. The van der Waals surface area contributed by atoms with Crippen LogP contribution in [0.3, 0.4) is 0 Å². The molecule has 118 valence electrons. The molecule has 1 aliphatic heterocycles. The Morgan fingerprint density at radius 3 is 2.95 bits per heavy atom. The first-order valence-corrected chi connectivity index (χ1v) is 8.55. The first-order chi connectivity index (χ1) is 10.1. The number of aromatic nitrogens is 2. The molecular weight excluding hydrogens is 286 g/mol. The second-order valence-electron chi connectivity index (χ2n) is 5.51. The maximum Gasteiger partial charge on any atom is 0.228 e. The molecule has 1 unspecified atom stereocenters. The Hall–Kier alpha value is -1.24. The molecule has 1 saturated heterocycles. The summed E-state index contributed by atoms with van der Waals surface area (Å²) in [6, 6.07) is 0. The Kier molecular flexibility index (Phi) is 5.90. The maximum absolute atomic E-state index is 5.10. The molecule has 7 heteroatoms. The summed E-state index contributed by atoms with van der Waals surface area (Å²) in [6.45, 7) is 8.65. The number of nitrogens with zero attached hydrogens (tertiary/aromatic N) is 3. The molecule has 2 heterocycles. The number of thioether (sulfide) groups is 1. The third-order valence-electron chi connectivity index (χ3n) is 3.42. The molecule has 6 nitrogen and oxygen atoms in total. The van der Waals surface area contributed by atoms with E-state index in [1.165, 1.54) is 18.6 Å². The summed E-state index contributed by atoms with van der Waals surface area (Å²) in [5.41, 5.74) is 0. The van der Waals surface area contributed by atoms with Gasteiger partial charge in [0.15, 0.2) is 11.8 Å². The van der Waals surface area contributed by atoms with Gasteiger partial charge in [-0.05, 0) is 39.4 Å². The van der Waals surface area contributed by atoms with Crippen LogP contribution in [0.5, 0.6) is 0 Å². The predicted molar refractivity (Wildman–Crippen MR) is 86.8 cm³/mol. The van der Waals surface area contributed by atoms with Crippen molar-refractivity contribution in [1.82, 2.24) is 20.8 Å². The summed E-state index contributed by atoms with van der Waals surface area (Å²) in [4.78, 5) is 8.90. The molecule has 2 N–H and O–H groups in total. The van der Waals surface area contributed by atoms with Crippen LogP contribution in [0, 0.1) is 6.92 Å². The van der Waals surface area contributed by atoms with Gasteiger partial charge in [-0.1, -0.05) is 5.16 Å². The zero-order chi connectivity index (χ0) is 15.1. The fourth-order valence-corrected chi connectivity index (χ4v) is 3.50. The molecule has 0 bridgehead atoms. The van der Waals surface area contributed by atoms with E-state index < -0.39 is 0 Å². The van der Waals surface area contributed by atoms with E-state index in [1.54, 1.807) is 0 Å². The first kappa shape index (κ1) is 16.1. The van der Waals surface area contributed by atoms with Crippen molar-refractivity contribution in [1.29, 1.82) is 0 Å². The molecule has 0 radical (unpaired) electrons. The summed E-state index contributed by atoms with van der Waals surface area (Å²) in [7, 11) is 0. The third-order valence-corrected chi connectivity index (χ3v) is 4.94. The van der Waals surface area contributed by atoms with Gasteiger partial charge in [0.1, 0.15) is 0 Å². The SMILES string of the molecule is CCNC(=NCC1(C)CCCS1)NCCc1nc(C)no1. The Bertz CT molecular complexity index is 468. The molecule has 1 aliphatic rings. The molecular formula is C14H25N5OS. The van der Waals surface area contributed by atoms with Crippen LogP contribution in [0.15, 0.2) is 9.52 Å². The fraction of sp³-hybridized carbons (Fsp3) is 0.786. The van der Waals surface area contributed by atoms with Crippen LogP contribution in [-0.2, 0) is 6.42 Å².